The number of aromatic nitrogens is 1. The highest BCUT2D eigenvalue weighted by Gasteiger charge is 2.22. The second kappa shape index (κ2) is 8.69. The predicted molar refractivity (Wildman–Crippen MR) is 110 cm³/mol. The highest BCUT2D eigenvalue weighted by atomic mass is 35.5. The summed E-state index contributed by atoms with van der Waals surface area (Å²) in [5.74, 6) is -1.26. The number of nitrogens with zero attached hydrogens (tertiary/aromatic N) is 2. The SMILES string of the molecule is O=C(/C=C/c1c(F)cccc1Cl)Nc1ncc(S(=O)(=O)c2ccc([N+](=O)[O-])cc2)s1. The van der Waals surface area contributed by atoms with Crippen LogP contribution in [0.5, 0.6) is 0 Å². The fourth-order valence-electron chi connectivity index (χ4n) is 2.28. The van der Waals surface area contributed by atoms with E-state index in [1.165, 1.54) is 24.3 Å². The van der Waals surface area contributed by atoms with Crippen molar-refractivity contribution in [2.45, 2.75) is 9.10 Å². The predicted octanol–water partition coefficient (Wildman–Crippen LogP) is 4.33. The first kappa shape index (κ1) is 21.6. The van der Waals surface area contributed by atoms with Crippen LogP contribution in [0.15, 0.2) is 63.8 Å². The third-order valence-electron chi connectivity index (χ3n) is 3.74. The van der Waals surface area contributed by atoms with Gasteiger partial charge in [0.05, 0.1) is 21.0 Å². The van der Waals surface area contributed by atoms with Gasteiger partial charge in [0.15, 0.2) is 5.13 Å². The lowest BCUT2D eigenvalue weighted by atomic mass is 10.2. The van der Waals surface area contributed by atoms with Crippen molar-refractivity contribution in [3.8, 4) is 0 Å². The Morgan fingerprint density at radius 2 is 1.93 bits per heavy atom. The van der Waals surface area contributed by atoms with E-state index in [9.17, 15) is 27.7 Å². The van der Waals surface area contributed by atoms with Gasteiger partial charge in [0.25, 0.3) is 5.69 Å². The summed E-state index contributed by atoms with van der Waals surface area (Å²) in [7, 11) is -3.97. The van der Waals surface area contributed by atoms with Gasteiger partial charge in [-0.3, -0.25) is 20.2 Å². The zero-order valence-corrected chi connectivity index (χ0v) is 17.2. The zero-order valence-electron chi connectivity index (χ0n) is 14.8. The summed E-state index contributed by atoms with van der Waals surface area (Å²) < 4.78 is 38.8. The van der Waals surface area contributed by atoms with Gasteiger partial charge in [-0.25, -0.2) is 17.8 Å². The Morgan fingerprint density at radius 1 is 1.23 bits per heavy atom. The van der Waals surface area contributed by atoms with Crippen molar-refractivity contribution in [1.29, 1.82) is 0 Å². The van der Waals surface area contributed by atoms with E-state index < -0.39 is 26.5 Å². The van der Waals surface area contributed by atoms with Gasteiger partial charge in [-0.15, -0.1) is 0 Å². The maximum absolute atomic E-state index is 13.7. The van der Waals surface area contributed by atoms with Crippen LogP contribution in [0.1, 0.15) is 5.56 Å². The van der Waals surface area contributed by atoms with Crippen LogP contribution in [-0.4, -0.2) is 24.2 Å². The van der Waals surface area contributed by atoms with Crippen molar-refractivity contribution < 1.29 is 22.5 Å². The van der Waals surface area contributed by atoms with Crippen LogP contribution >= 0.6 is 22.9 Å². The van der Waals surface area contributed by atoms with E-state index in [1.54, 1.807) is 0 Å². The number of hydrogen-bond donors (Lipinski definition) is 1. The molecule has 1 amide bonds. The first-order chi connectivity index (χ1) is 14.2. The maximum atomic E-state index is 13.7. The Labute approximate surface area is 178 Å². The van der Waals surface area contributed by atoms with Gasteiger partial charge in [0, 0.05) is 23.8 Å². The molecule has 1 heterocycles. The van der Waals surface area contributed by atoms with Crippen LogP contribution in [0.3, 0.4) is 0 Å². The monoisotopic (exact) mass is 467 g/mol. The summed E-state index contributed by atoms with van der Waals surface area (Å²) in [6, 6.07) is 8.48. The number of rotatable bonds is 6. The normalized spacial score (nSPS) is 11.5. The van der Waals surface area contributed by atoms with E-state index in [1.807, 2.05) is 0 Å². The van der Waals surface area contributed by atoms with Gasteiger partial charge in [0.1, 0.15) is 10.0 Å². The minimum absolute atomic E-state index is 0.00441. The highest BCUT2D eigenvalue weighted by Crippen LogP contribution is 2.29. The number of amides is 1. The molecule has 0 saturated carbocycles. The quantitative estimate of drug-likeness (QED) is 0.327. The minimum Gasteiger partial charge on any atom is -0.298 e. The van der Waals surface area contributed by atoms with Crippen LogP contribution in [0, 0.1) is 15.9 Å². The third-order valence-corrected chi connectivity index (χ3v) is 7.21. The van der Waals surface area contributed by atoms with Crippen molar-refractivity contribution in [1.82, 2.24) is 4.98 Å². The van der Waals surface area contributed by atoms with Crippen LogP contribution in [0.2, 0.25) is 5.02 Å². The molecule has 8 nitrogen and oxygen atoms in total. The molecule has 0 aliphatic carbocycles. The zero-order chi connectivity index (χ0) is 21.9. The number of carbonyl (C=O) groups excluding carboxylic acids is 1. The van der Waals surface area contributed by atoms with Crippen molar-refractivity contribution in [3.63, 3.8) is 0 Å². The molecule has 154 valence electrons. The molecular formula is C18H11ClFN3O5S2. The number of nitro groups is 1. The lowest BCUT2D eigenvalue weighted by molar-refractivity contribution is -0.384. The smallest absolute Gasteiger partial charge is 0.269 e. The maximum Gasteiger partial charge on any atom is 0.269 e. The first-order valence-corrected chi connectivity index (χ1v) is 10.7. The van der Waals surface area contributed by atoms with Gasteiger partial charge >= 0.3 is 0 Å². The first-order valence-electron chi connectivity index (χ1n) is 8.07. The minimum atomic E-state index is -3.97. The third kappa shape index (κ3) is 4.70. The summed E-state index contributed by atoms with van der Waals surface area (Å²) in [5.41, 5.74) is -0.206. The molecule has 0 fully saturated rings. The molecule has 30 heavy (non-hydrogen) atoms. The van der Waals surface area contributed by atoms with Crippen LogP contribution < -0.4 is 5.32 Å². The number of hydrogen-bond acceptors (Lipinski definition) is 7. The molecule has 0 saturated heterocycles. The Kier molecular flexibility index (Phi) is 6.25. The lowest BCUT2D eigenvalue weighted by Gasteiger charge is -2.01. The molecule has 0 bridgehead atoms. The summed E-state index contributed by atoms with van der Waals surface area (Å²) >= 11 is 6.58. The molecule has 0 spiro atoms. The van der Waals surface area contributed by atoms with Gasteiger partial charge in [-0.05, 0) is 30.3 Å². The average Bonchev–Trinajstić information content (AvgIpc) is 3.17. The second-order valence-electron chi connectivity index (χ2n) is 5.70. The summed E-state index contributed by atoms with van der Waals surface area (Å²) in [4.78, 5) is 25.8. The van der Waals surface area contributed by atoms with E-state index in [0.717, 1.165) is 36.5 Å². The number of thiazole rings is 1. The number of sulfone groups is 1. The number of carbonyl (C=O) groups is 1. The van der Waals surface area contributed by atoms with Crippen molar-refractivity contribution in [2.75, 3.05) is 5.32 Å². The molecule has 12 heteroatoms. The van der Waals surface area contributed by atoms with Crippen molar-refractivity contribution in [2.24, 2.45) is 0 Å². The van der Waals surface area contributed by atoms with Gasteiger partial charge < -0.3 is 0 Å². The Bertz CT molecular complexity index is 1240. The molecule has 0 aliphatic heterocycles. The van der Waals surface area contributed by atoms with Crippen molar-refractivity contribution >= 4 is 55.6 Å². The molecule has 0 radical (unpaired) electrons. The molecule has 1 aromatic heterocycles. The number of anilines is 1. The van der Waals surface area contributed by atoms with E-state index in [-0.39, 0.29) is 30.5 Å². The summed E-state index contributed by atoms with van der Waals surface area (Å²) in [6.45, 7) is 0. The topological polar surface area (TPSA) is 119 Å². The standard InChI is InChI=1S/C18H11ClFN3O5S2/c19-14-2-1-3-15(20)13(14)8-9-16(24)22-18-21-10-17(29-18)30(27,28)12-6-4-11(5-7-12)23(25)26/h1-10H,(H,21,22,24)/b9-8+. The number of halogens is 2. The highest BCUT2D eigenvalue weighted by molar-refractivity contribution is 7.93. The van der Waals surface area contributed by atoms with E-state index in [2.05, 4.69) is 10.3 Å². The largest absolute Gasteiger partial charge is 0.298 e. The number of non-ortho nitro benzene ring substituents is 1. The fraction of sp³-hybridized carbons (Fsp3) is 0. The van der Waals surface area contributed by atoms with Crippen molar-refractivity contribution in [3.05, 3.63) is 81.3 Å². The molecule has 0 atom stereocenters. The Morgan fingerprint density at radius 3 is 2.57 bits per heavy atom. The van der Waals surface area contributed by atoms with Gasteiger partial charge in [0.2, 0.25) is 15.7 Å². The molecule has 3 aromatic rings. The molecular weight excluding hydrogens is 457 g/mol. The lowest BCUT2D eigenvalue weighted by Crippen LogP contribution is -2.07. The molecule has 3 rings (SSSR count). The fourth-order valence-corrected chi connectivity index (χ4v) is 4.94. The van der Waals surface area contributed by atoms with E-state index >= 15 is 0 Å². The number of benzene rings is 2. The Hall–Kier alpha value is -3.15. The molecule has 0 aliphatic rings. The van der Waals surface area contributed by atoms with Gasteiger partial charge in [-0.1, -0.05) is 29.0 Å². The Balaban J connectivity index is 1.75. The summed E-state index contributed by atoms with van der Waals surface area (Å²) in [6.07, 6.45) is 3.29. The van der Waals surface area contributed by atoms with Gasteiger partial charge in [-0.2, -0.15) is 0 Å². The van der Waals surface area contributed by atoms with Crippen LogP contribution in [-0.2, 0) is 14.6 Å². The molecule has 2 aromatic carbocycles. The molecule has 0 unspecified atom stereocenters. The number of nitro benzene ring substituents is 1. The van der Waals surface area contributed by atoms with Crippen LogP contribution in [0.4, 0.5) is 15.2 Å². The van der Waals surface area contributed by atoms with E-state index in [4.69, 9.17) is 11.6 Å². The average molecular weight is 468 g/mol. The number of nitrogens with one attached hydrogen (secondary N) is 1. The second-order valence-corrected chi connectivity index (χ2v) is 9.31. The molecule has 1 N–H and O–H groups in total. The van der Waals surface area contributed by atoms with E-state index in [0.29, 0.717) is 11.3 Å². The van der Waals surface area contributed by atoms with Crippen LogP contribution in [0.25, 0.3) is 6.08 Å². The summed E-state index contributed by atoms with van der Waals surface area (Å²) in [5, 5.41) is 13.2.